The van der Waals surface area contributed by atoms with E-state index in [9.17, 15) is 4.79 Å². The molecule has 2 aromatic heterocycles. The van der Waals surface area contributed by atoms with Crippen molar-refractivity contribution in [3.8, 4) is 0 Å². The Labute approximate surface area is 151 Å². The van der Waals surface area contributed by atoms with Gasteiger partial charge in [-0.15, -0.1) is 0 Å². The number of hydrazine groups is 1. The normalized spacial score (nSPS) is 19.7. The summed E-state index contributed by atoms with van der Waals surface area (Å²) >= 11 is 0. The van der Waals surface area contributed by atoms with E-state index in [2.05, 4.69) is 36.8 Å². The van der Waals surface area contributed by atoms with E-state index in [0.717, 1.165) is 22.6 Å². The van der Waals surface area contributed by atoms with Crippen LogP contribution in [-0.4, -0.2) is 33.0 Å². The van der Waals surface area contributed by atoms with Gasteiger partial charge in [0.1, 0.15) is 11.9 Å². The standard InChI is InChI=1S/C19H22N6O/c1-25-17-8-3-2-7-14(17)22-18(25)9-11-21-19(26)16-12-15(23-24-16)13-6-4-5-10-20-13/h2-8,10,15-16,23-24H,9,11-12H2,1H3,(H,21,26). The number of carbonyl (C=O) groups is 1. The van der Waals surface area contributed by atoms with Crippen LogP contribution in [0, 0.1) is 0 Å². The Morgan fingerprint density at radius 1 is 1.23 bits per heavy atom. The zero-order chi connectivity index (χ0) is 17.9. The molecule has 2 unspecified atom stereocenters. The maximum absolute atomic E-state index is 12.4. The number of carbonyl (C=O) groups excluding carboxylic acids is 1. The van der Waals surface area contributed by atoms with Crippen molar-refractivity contribution in [2.45, 2.75) is 24.9 Å². The predicted molar refractivity (Wildman–Crippen MR) is 99.1 cm³/mol. The lowest BCUT2D eigenvalue weighted by Crippen LogP contribution is -2.43. The van der Waals surface area contributed by atoms with Gasteiger partial charge in [0, 0.05) is 26.2 Å². The van der Waals surface area contributed by atoms with Gasteiger partial charge in [0.2, 0.25) is 5.91 Å². The molecular weight excluding hydrogens is 328 g/mol. The predicted octanol–water partition coefficient (Wildman–Crippen LogP) is 1.23. The van der Waals surface area contributed by atoms with Crippen molar-refractivity contribution in [3.63, 3.8) is 0 Å². The van der Waals surface area contributed by atoms with Gasteiger partial charge in [-0.2, -0.15) is 0 Å². The number of para-hydroxylation sites is 2. The van der Waals surface area contributed by atoms with E-state index < -0.39 is 0 Å². The van der Waals surface area contributed by atoms with Crippen molar-refractivity contribution in [2.24, 2.45) is 7.05 Å². The van der Waals surface area contributed by atoms with E-state index in [1.807, 2.05) is 43.4 Å². The van der Waals surface area contributed by atoms with Crippen LogP contribution in [0.5, 0.6) is 0 Å². The zero-order valence-corrected chi connectivity index (χ0v) is 14.6. The van der Waals surface area contributed by atoms with Crippen LogP contribution in [0.15, 0.2) is 48.7 Å². The molecule has 1 amide bonds. The van der Waals surface area contributed by atoms with E-state index >= 15 is 0 Å². The maximum Gasteiger partial charge on any atom is 0.238 e. The fraction of sp³-hybridized carbons (Fsp3) is 0.316. The van der Waals surface area contributed by atoms with Gasteiger partial charge in [0.25, 0.3) is 0 Å². The lowest BCUT2D eigenvalue weighted by molar-refractivity contribution is -0.122. The number of aryl methyl sites for hydroxylation is 1. The van der Waals surface area contributed by atoms with Crippen LogP contribution in [0.25, 0.3) is 11.0 Å². The summed E-state index contributed by atoms with van der Waals surface area (Å²) in [5.41, 5.74) is 9.24. The van der Waals surface area contributed by atoms with E-state index in [1.165, 1.54) is 0 Å². The summed E-state index contributed by atoms with van der Waals surface area (Å²) < 4.78 is 2.08. The van der Waals surface area contributed by atoms with Gasteiger partial charge in [0.15, 0.2) is 0 Å². The number of nitrogens with one attached hydrogen (secondary N) is 3. The van der Waals surface area contributed by atoms with Gasteiger partial charge >= 0.3 is 0 Å². The minimum Gasteiger partial charge on any atom is -0.354 e. The molecule has 0 aliphatic carbocycles. The quantitative estimate of drug-likeness (QED) is 0.645. The van der Waals surface area contributed by atoms with Gasteiger partial charge < -0.3 is 9.88 Å². The second kappa shape index (κ2) is 7.23. The second-order valence-corrected chi connectivity index (χ2v) is 6.50. The van der Waals surface area contributed by atoms with Crippen LogP contribution in [-0.2, 0) is 18.3 Å². The van der Waals surface area contributed by atoms with Crippen LogP contribution in [0.4, 0.5) is 0 Å². The van der Waals surface area contributed by atoms with Crippen molar-refractivity contribution in [1.29, 1.82) is 0 Å². The van der Waals surface area contributed by atoms with Crippen molar-refractivity contribution < 1.29 is 4.79 Å². The number of hydrogen-bond acceptors (Lipinski definition) is 5. The minimum atomic E-state index is -0.262. The summed E-state index contributed by atoms with van der Waals surface area (Å²) in [6.07, 6.45) is 3.14. The number of benzene rings is 1. The van der Waals surface area contributed by atoms with Crippen molar-refractivity contribution in [1.82, 2.24) is 30.7 Å². The number of pyridine rings is 1. The number of hydrogen-bond donors (Lipinski definition) is 3. The van der Waals surface area contributed by atoms with Crippen LogP contribution in [0.2, 0.25) is 0 Å². The molecule has 3 heterocycles. The molecule has 26 heavy (non-hydrogen) atoms. The third-order valence-corrected chi connectivity index (χ3v) is 4.79. The Bertz CT molecular complexity index is 907. The molecular formula is C19H22N6O. The van der Waals surface area contributed by atoms with Gasteiger partial charge in [-0.05, 0) is 30.7 Å². The molecule has 1 aliphatic rings. The Hall–Kier alpha value is -2.77. The highest BCUT2D eigenvalue weighted by atomic mass is 16.2. The summed E-state index contributed by atoms with van der Waals surface area (Å²) in [6, 6.07) is 13.6. The summed E-state index contributed by atoms with van der Waals surface area (Å²) in [5.74, 6) is 0.963. The third-order valence-electron chi connectivity index (χ3n) is 4.79. The summed E-state index contributed by atoms with van der Waals surface area (Å²) in [6.45, 7) is 0.558. The van der Waals surface area contributed by atoms with E-state index in [0.29, 0.717) is 19.4 Å². The average molecular weight is 350 g/mol. The van der Waals surface area contributed by atoms with Crippen molar-refractivity contribution in [2.75, 3.05) is 6.54 Å². The number of amides is 1. The molecule has 1 saturated heterocycles. The SMILES string of the molecule is Cn1c(CCNC(=O)C2CC(c3ccccn3)NN2)nc2ccccc21. The van der Waals surface area contributed by atoms with Crippen LogP contribution >= 0.6 is 0 Å². The molecule has 1 aromatic carbocycles. The van der Waals surface area contributed by atoms with Crippen molar-refractivity contribution in [3.05, 3.63) is 60.2 Å². The molecule has 7 nitrogen and oxygen atoms in total. The number of aromatic nitrogens is 3. The monoisotopic (exact) mass is 350 g/mol. The molecule has 0 bridgehead atoms. The van der Waals surface area contributed by atoms with Crippen LogP contribution < -0.4 is 16.2 Å². The highest BCUT2D eigenvalue weighted by Crippen LogP contribution is 2.20. The Morgan fingerprint density at radius 2 is 2.08 bits per heavy atom. The molecule has 4 rings (SSSR count). The average Bonchev–Trinajstić information content (AvgIpc) is 3.29. The summed E-state index contributed by atoms with van der Waals surface area (Å²) in [7, 11) is 2.01. The first-order valence-corrected chi connectivity index (χ1v) is 8.82. The van der Waals surface area contributed by atoms with Gasteiger partial charge in [-0.3, -0.25) is 9.78 Å². The fourth-order valence-electron chi connectivity index (χ4n) is 3.34. The third kappa shape index (κ3) is 3.31. The van der Waals surface area contributed by atoms with E-state index in [4.69, 9.17) is 0 Å². The number of imidazole rings is 1. The topological polar surface area (TPSA) is 83.9 Å². The lowest BCUT2D eigenvalue weighted by atomic mass is 10.1. The first kappa shape index (κ1) is 16.7. The minimum absolute atomic E-state index is 0.00491. The molecule has 7 heteroatoms. The van der Waals surface area contributed by atoms with Crippen LogP contribution in [0.1, 0.15) is 24.0 Å². The number of nitrogens with zero attached hydrogens (tertiary/aromatic N) is 3. The lowest BCUT2D eigenvalue weighted by Gasteiger charge is -2.10. The van der Waals surface area contributed by atoms with E-state index in [1.54, 1.807) is 6.20 Å². The first-order valence-electron chi connectivity index (χ1n) is 8.82. The molecule has 134 valence electrons. The Balaban J connectivity index is 1.31. The molecule has 1 aliphatic heterocycles. The van der Waals surface area contributed by atoms with Gasteiger partial charge in [-0.1, -0.05) is 18.2 Å². The summed E-state index contributed by atoms with van der Waals surface area (Å²) in [4.78, 5) is 21.4. The van der Waals surface area contributed by atoms with E-state index in [-0.39, 0.29) is 18.0 Å². The second-order valence-electron chi connectivity index (χ2n) is 6.50. The molecule has 0 radical (unpaired) electrons. The van der Waals surface area contributed by atoms with Crippen molar-refractivity contribution >= 4 is 16.9 Å². The van der Waals surface area contributed by atoms with Gasteiger partial charge in [-0.25, -0.2) is 15.8 Å². The number of rotatable bonds is 5. The maximum atomic E-state index is 12.4. The zero-order valence-electron chi connectivity index (χ0n) is 14.6. The molecule has 3 N–H and O–H groups in total. The van der Waals surface area contributed by atoms with Gasteiger partial charge in [0.05, 0.1) is 22.8 Å². The first-order chi connectivity index (χ1) is 12.7. The largest absolute Gasteiger partial charge is 0.354 e. The Morgan fingerprint density at radius 3 is 2.88 bits per heavy atom. The molecule has 3 aromatic rings. The molecule has 0 saturated carbocycles. The Kier molecular flexibility index (Phi) is 4.64. The molecule has 0 spiro atoms. The number of fused-ring (bicyclic) bond motifs is 1. The smallest absolute Gasteiger partial charge is 0.238 e. The fourth-order valence-corrected chi connectivity index (χ4v) is 3.34. The van der Waals surface area contributed by atoms with Crippen LogP contribution in [0.3, 0.4) is 0 Å². The highest BCUT2D eigenvalue weighted by Gasteiger charge is 2.30. The summed E-state index contributed by atoms with van der Waals surface area (Å²) in [5, 5.41) is 3.00. The highest BCUT2D eigenvalue weighted by molar-refractivity contribution is 5.82. The molecule has 2 atom stereocenters. The molecule has 1 fully saturated rings.